The summed E-state index contributed by atoms with van der Waals surface area (Å²) in [5.74, 6) is 0. The van der Waals surface area contributed by atoms with Crippen molar-refractivity contribution in [3.63, 3.8) is 0 Å². The molecule has 86 valence electrons. The molecule has 5 heteroatoms. The summed E-state index contributed by atoms with van der Waals surface area (Å²) in [7, 11) is 0. The molecule has 1 aromatic heterocycles. The number of unbranched alkanes of at least 4 members (excludes halogenated alkanes) is 1. The summed E-state index contributed by atoms with van der Waals surface area (Å²) in [5.41, 5.74) is 5.53. The molecular weight excluding hydrogens is 208 g/mol. The van der Waals surface area contributed by atoms with Gasteiger partial charge in [-0.25, -0.2) is 0 Å². The van der Waals surface area contributed by atoms with Crippen LogP contribution < -0.4 is 5.73 Å². The number of hydrogen-bond donors (Lipinski definition) is 1. The summed E-state index contributed by atoms with van der Waals surface area (Å²) in [6.07, 6.45) is 3.49. The third-order valence-electron chi connectivity index (χ3n) is 2.40. The predicted octanol–water partition coefficient (Wildman–Crippen LogP) is 1.78. The van der Waals surface area contributed by atoms with Gasteiger partial charge in [-0.2, -0.15) is 0 Å². The second-order valence-corrected chi connectivity index (χ2v) is 4.67. The molecule has 4 nitrogen and oxygen atoms in total. The SMILES string of the molecule is CCCCN(CC)CCc1nnc(N)s1. The maximum absolute atomic E-state index is 5.53. The summed E-state index contributed by atoms with van der Waals surface area (Å²) in [4.78, 5) is 2.45. The molecule has 0 aliphatic rings. The Balaban J connectivity index is 2.27. The lowest BCUT2D eigenvalue weighted by Gasteiger charge is -2.18. The van der Waals surface area contributed by atoms with Gasteiger partial charge < -0.3 is 10.6 Å². The van der Waals surface area contributed by atoms with Crippen LogP contribution >= 0.6 is 11.3 Å². The van der Waals surface area contributed by atoms with Gasteiger partial charge in [-0.3, -0.25) is 0 Å². The molecule has 0 atom stereocenters. The first-order valence-corrected chi connectivity index (χ1v) is 6.38. The Labute approximate surface area is 95.5 Å². The maximum Gasteiger partial charge on any atom is 0.203 e. The van der Waals surface area contributed by atoms with Crippen LogP contribution in [0.2, 0.25) is 0 Å². The van der Waals surface area contributed by atoms with E-state index < -0.39 is 0 Å². The molecule has 0 aliphatic carbocycles. The number of nitrogens with zero attached hydrogens (tertiary/aromatic N) is 3. The monoisotopic (exact) mass is 228 g/mol. The number of likely N-dealkylation sites (N-methyl/N-ethyl adjacent to an activating group) is 1. The van der Waals surface area contributed by atoms with E-state index in [9.17, 15) is 0 Å². The van der Waals surface area contributed by atoms with Gasteiger partial charge in [0.15, 0.2) is 0 Å². The van der Waals surface area contributed by atoms with Crippen LogP contribution in [0.15, 0.2) is 0 Å². The average Bonchev–Trinajstić information content (AvgIpc) is 2.65. The third kappa shape index (κ3) is 4.57. The van der Waals surface area contributed by atoms with E-state index >= 15 is 0 Å². The van der Waals surface area contributed by atoms with Crippen molar-refractivity contribution in [2.24, 2.45) is 0 Å². The van der Waals surface area contributed by atoms with Crippen molar-refractivity contribution in [2.75, 3.05) is 25.4 Å². The number of nitrogens with two attached hydrogens (primary N) is 1. The molecule has 1 rings (SSSR count). The number of aromatic nitrogens is 2. The smallest absolute Gasteiger partial charge is 0.203 e. The van der Waals surface area contributed by atoms with E-state index in [1.165, 1.54) is 30.7 Å². The highest BCUT2D eigenvalue weighted by molar-refractivity contribution is 7.15. The molecule has 0 spiro atoms. The molecular formula is C10H20N4S. The summed E-state index contributed by atoms with van der Waals surface area (Å²) in [6.45, 7) is 7.77. The molecule has 0 saturated heterocycles. The van der Waals surface area contributed by atoms with E-state index in [0.29, 0.717) is 5.13 Å². The number of anilines is 1. The first-order chi connectivity index (χ1) is 7.26. The Morgan fingerprint density at radius 1 is 1.27 bits per heavy atom. The van der Waals surface area contributed by atoms with E-state index in [2.05, 4.69) is 28.9 Å². The van der Waals surface area contributed by atoms with Crippen LogP contribution in [0.1, 0.15) is 31.7 Å². The minimum absolute atomic E-state index is 0.571. The summed E-state index contributed by atoms with van der Waals surface area (Å²) >= 11 is 1.49. The molecule has 15 heavy (non-hydrogen) atoms. The van der Waals surface area contributed by atoms with E-state index in [0.717, 1.165) is 24.5 Å². The summed E-state index contributed by atoms with van der Waals surface area (Å²) in [6, 6.07) is 0. The second kappa shape index (κ2) is 6.74. The fourth-order valence-electron chi connectivity index (χ4n) is 1.43. The Morgan fingerprint density at radius 2 is 2.07 bits per heavy atom. The Hall–Kier alpha value is -0.680. The summed E-state index contributed by atoms with van der Waals surface area (Å²) in [5, 5.41) is 9.44. The van der Waals surface area contributed by atoms with Crippen LogP contribution in [-0.4, -0.2) is 34.7 Å². The van der Waals surface area contributed by atoms with Gasteiger partial charge in [-0.1, -0.05) is 31.6 Å². The Bertz CT molecular complexity index is 274. The lowest BCUT2D eigenvalue weighted by molar-refractivity contribution is 0.287. The van der Waals surface area contributed by atoms with Crippen LogP contribution in [0.4, 0.5) is 5.13 Å². The van der Waals surface area contributed by atoms with Crippen molar-refractivity contribution >= 4 is 16.5 Å². The lowest BCUT2D eigenvalue weighted by atomic mass is 10.3. The molecule has 0 saturated carbocycles. The maximum atomic E-state index is 5.53. The van der Waals surface area contributed by atoms with Gasteiger partial charge in [-0.05, 0) is 19.5 Å². The zero-order valence-electron chi connectivity index (χ0n) is 9.57. The molecule has 0 bridgehead atoms. The van der Waals surface area contributed by atoms with Crippen LogP contribution in [0.25, 0.3) is 0 Å². The van der Waals surface area contributed by atoms with E-state index in [1.807, 2.05) is 0 Å². The third-order valence-corrected chi connectivity index (χ3v) is 3.21. The van der Waals surface area contributed by atoms with Crippen molar-refractivity contribution in [2.45, 2.75) is 33.1 Å². The van der Waals surface area contributed by atoms with Gasteiger partial charge >= 0.3 is 0 Å². The molecule has 0 aromatic carbocycles. The van der Waals surface area contributed by atoms with Gasteiger partial charge in [0.2, 0.25) is 5.13 Å². The van der Waals surface area contributed by atoms with Gasteiger partial charge in [0.1, 0.15) is 5.01 Å². The standard InChI is InChI=1S/C10H20N4S/c1-3-5-7-14(4-2)8-6-9-12-13-10(11)15-9/h3-8H2,1-2H3,(H2,11,13). The first-order valence-electron chi connectivity index (χ1n) is 5.56. The molecule has 0 aliphatic heterocycles. The van der Waals surface area contributed by atoms with Crippen molar-refractivity contribution in [1.29, 1.82) is 0 Å². The fraction of sp³-hybridized carbons (Fsp3) is 0.800. The molecule has 0 fully saturated rings. The van der Waals surface area contributed by atoms with Crippen LogP contribution in [-0.2, 0) is 6.42 Å². The highest BCUT2D eigenvalue weighted by Crippen LogP contribution is 2.11. The largest absolute Gasteiger partial charge is 0.374 e. The molecule has 0 radical (unpaired) electrons. The molecule has 1 heterocycles. The average molecular weight is 228 g/mol. The molecule has 1 aromatic rings. The van der Waals surface area contributed by atoms with Crippen molar-refractivity contribution in [3.05, 3.63) is 5.01 Å². The first kappa shape index (κ1) is 12.4. The minimum atomic E-state index is 0.571. The van der Waals surface area contributed by atoms with E-state index in [1.54, 1.807) is 0 Å². The highest BCUT2D eigenvalue weighted by Gasteiger charge is 2.05. The van der Waals surface area contributed by atoms with Crippen LogP contribution in [0.3, 0.4) is 0 Å². The number of rotatable bonds is 7. The second-order valence-electron chi connectivity index (χ2n) is 3.57. The fourth-order valence-corrected chi connectivity index (χ4v) is 2.03. The van der Waals surface area contributed by atoms with Crippen LogP contribution in [0, 0.1) is 0 Å². The van der Waals surface area contributed by atoms with Gasteiger partial charge in [0, 0.05) is 13.0 Å². The molecule has 0 unspecified atom stereocenters. The molecule has 0 amide bonds. The van der Waals surface area contributed by atoms with Crippen molar-refractivity contribution in [3.8, 4) is 0 Å². The van der Waals surface area contributed by atoms with Gasteiger partial charge in [-0.15, -0.1) is 10.2 Å². The number of hydrogen-bond acceptors (Lipinski definition) is 5. The zero-order valence-corrected chi connectivity index (χ0v) is 10.4. The minimum Gasteiger partial charge on any atom is -0.374 e. The van der Waals surface area contributed by atoms with Crippen molar-refractivity contribution < 1.29 is 0 Å². The zero-order chi connectivity index (χ0) is 11.1. The summed E-state index contributed by atoms with van der Waals surface area (Å²) < 4.78 is 0. The number of nitrogen functional groups attached to an aromatic ring is 1. The predicted molar refractivity (Wildman–Crippen MR) is 65.0 cm³/mol. The Kier molecular flexibility index (Phi) is 5.57. The lowest BCUT2D eigenvalue weighted by Crippen LogP contribution is -2.26. The Morgan fingerprint density at radius 3 is 2.60 bits per heavy atom. The van der Waals surface area contributed by atoms with E-state index in [-0.39, 0.29) is 0 Å². The quantitative estimate of drug-likeness (QED) is 0.773. The van der Waals surface area contributed by atoms with Crippen molar-refractivity contribution in [1.82, 2.24) is 15.1 Å². The topological polar surface area (TPSA) is 55.0 Å². The van der Waals surface area contributed by atoms with Crippen LogP contribution in [0.5, 0.6) is 0 Å². The normalized spacial score (nSPS) is 11.1. The highest BCUT2D eigenvalue weighted by atomic mass is 32.1. The van der Waals surface area contributed by atoms with Gasteiger partial charge in [0.25, 0.3) is 0 Å². The van der Waals surface area contributed by atoms with E-state index in [4.69, 9.17) is 5.73 Å². The molecule has 2 N–H and O–H groups in total. The van der Waals surface area contributed by atoms with Gasteiger partial charge in [0.05, 0.1) is 0 Å².